The Morgan fingerprint density at radius 2 is 1.85 bits per heavy atom. The predicted octanol–water partition coefficient (Wildman–Crippen LogP) is 5.27. The minimum atomic E-state index is -0.707. The van der Waals surface area contributed by atoms with E-state index in [1.807, 2.05) is 36.4 Å². The van der Waals surface area contributed by atoms with E-state index in [2.05, 4.69) is 6.07 Å². The van der Waals surface area contributed by atoms with Crippen molar-refractivity contribution in [3.63, 3.8) is 0 Å². The van der Waals surface area contributed by atoms with Crippen molar-refractivity contribution in [1.29, 1.82) is 5.26 Å². The van der Waals surface area contributed by atoms with Crippen molar-refractivity contribution in [3.05, 3.63) is 77.1 Å². The molecule has 0 saturated carbocycles. The fraction of sp³-hybridized carbons (Fsp3) is 0.269. The summed E-state index contributed by atoms with van der Waals surface area (Å²) in [7, 11) is 1.30. The molecule has 0 bridgehead atoms. The summed E-state index contributed by atoms with van der Waals surface area (Å²) in [5.74, 6) is -0.0875. The second-order valence-electron chi connectivity index (χ2n) is 8.78. The molecule has 7 nitrogen and oxygen atoms in total. The molecule has 1 aliphatic rings. The molecule has 1 unspecified atom stereocenters. The van der Waals surface area contributed by atoms with Gasteiger partial charge in [0.2, 0.25) is 5.88 Å². The Balaban J connectivity index is 1.96. The lowest BCUT2D eigenvalue weighted by Crippen LogP contribution is -2.28. The molecule has 0 aliphatic carbocycles. The number of nitrogens with zero attached hydrogens (tertiary/aromatic N) is 2. The molecule has 0 radical (unpaired) electrons. The van der Waals surface area contributed by atoms with E-state index < -0.39 is 17.7 Å². The Hall–Kier alpha value is -4.05. The first-order valence-electron chi connectivity index (χ1n) is 10.5. The molecule has 1 atom stereocenters. The highest BCUT2D eigenvalue weighted by molar-refractivity contribution is 5.96. The van der Waals surface area contributed by atoms with Crippen LogP contribution >= 0.6 is 0 Å². The number of benzene rings is 2. The van der Waals surface area contributed by atoms with Gasteiger partial charge in [0, 0.05) is 23.3 Å². The van der Waals surface area contributed by atoms with Crippen LogP contribution in [0.15, 0.2) is 60.4 Å². The summed E-state index contributed by atoms with van der Waals surface area (Å²) in [5, 5.41) is 10.0. The van der Waals surface area contributed by atoms with Crippen LogP contribution in [0.25, 0.3) is 10.9 Å². The summed E-state index contributed by atoms with van der Waals surface area (Å²) in [4.78, 5) is 25.2. The third-order valence-corrected chi connectivity index (χ3v) is 5.35. The largest absolute Gasteiger partial charge is 0.466 e. The van der Waals surface area contributed by atoms with Gasteiger partial charge in [0.05, 0.1) is 30.3 Å². The van der Waals surface area contributed by atoms with Gasteiger partial charge in [-0.05, 0) is 44.5 Å². The highest BCUT2D eigenvalue weighted by Gasteiger charge is 2.36. The number of rotatable bonds is 2. The minimum absolute atomic E-state index is 0.217. The third-order valence-electron chi connectivity index (χ3n) is 5.35. The molecule has 1 aromatic heterocycles. The molecule has 33 heavy (non-hydrogen) atoms. The van der Waals surface area contributed by atoms with Crippen molar-refractivity contribution in [2.45, 2.75) is 38.7 Å². The van der Waals surface area contributed by atoms with E-state index in [1.165, 1.54) is 17.8 Å². The van der Waals surface area contributed by atoms with Gasteiger partial charge < -0.3 is 14.2 Å². The maximum atomic E-state index is 13.2. The van der Waals surface area contributed by atoms with Crippen LogP contribution in [0.2, 0.25) is 0 Å². The van der Waals surface area contributed by atoms with E-state index in [1.54, 1.807) is 32.9 Å². The van der Waals surface area contributed by atoms with Crippen LogP contribution in [0.3, 0.4) is 0 Å². The third kappa shape index (κ3) is 4.33. The first-order chi connectivity index (χ1) is 15.7. The van der Waals surface area contributed by atoms with E-state index in [9.17, 15) is 14.9 Å². The zero-order valence-electron chi connectivity index (χ0n) is 18.9. The minimum Gasteiger partial charge on any atom is -0.466 e. The topological polar surface area (TPSA) is 90.6 Å². The molecular formula is C26H24N2O5. The number of ether oxygens (including phenoxy) is 3. The number of nitriles is 1. The zero-order valence-corrected chi connectivity index (χ0v) is 18.9. The Kier molecular flexibility index (Phi) is 5.69. The number of fused-ring (bicyclic) bond motifs is 3. The Bertz CT molecular complexity index is 1300. The SMILES string of the molecule is COC(=O)/C=C1/CC(c2ccc(C#N)cc2)c2c(n(C(=O)OC(C)(C)C)c3ccccc23)O1. The van der Waals surface area contributed by atoms with E-state index in [0.717, 1.165) is 16.5 Å². The zero-order chi connectivity index (χ0) is 23.8. The van der Waals surface area contributed by atoms with Crippen LogP contribution in [0, 0.1) is 11.3 Å². The van der Waals surface area contributed by atoms with Crippen molar-refractivity contribution in [1.82, 2.24) is 4.57 Å². The second kappa shape index (κ2) is 8.47. The van der Waals surface area contributed by atoms with Gasteiger partial charge in [0.25, 0.3) is 0 Å². The second-order valence-corrected chi connectivity index (χ2v) is 8.78. The smallest absolute Gasteiger partial charge is 0.421 e. The van der Waals surface area contributed by atoms with Gasteiger partial charge in [0.15, 0.2) is 0 Å². The van der Waals surface area contributed by atoms with E-state index >= 15 is 0 Å². The molecule has 0 amide bonds. The highest BCUT2D eigenvalue weighted by atomic mass is 16.6. The molecule has 0 spiro atoms. The van der Waals surface area contributed by atoms with Gasteiger partial charge >= 0.3 is 12.1 Å². The highest BCUT2D eigenvalue weighted by Crippen LogP contribution is 2.47. The first kappa shape index (κ1) is 22.2. The monoisotopic (exact) mass is 444 g/mol. The van der Waals surface area contributed by atoms with Crippen LogP contribution in [0.1, 0.15) is 49.8 Å². The number of allylic oxidation sites excluding steroid dienone is 1. The summed E-state index contributed by atoms with van der Waals surface area (Å²) in [6.07, 6.45) is 1.10. The van der Waals surface area contributed by atoms with Gasteiger partial charge in [0.1, 0.15) is 11.4 Å². The first-order valence-corrected chi connectivity index (χ1v) is 10.5. The fourth-order valence-electron chi connectivity index (χ4n) is 3.99. The number of esters is 1. The maximum Gasteiger partial charge on any atom is 0.421 e. The van der Waals surface area contributed by atoms with Crippen LogP contribution in [-0.4, -0.2) is 29.3 Å². The van der Waals surface area contributed by atoms with Crippen LogP contribution in [-0.2, 0) is 14.3 Å². The summed E-state index contributed by atoms with van der Waals surface area (Å²) in [6, 6.07) is 16.9. The Morgan fingerprint density at radius 3 is 2.48 bits per heavy atom. The van der Waals surface area contributed by atoms with Crippen molar-refractivity contribution in [2.24, 2.45) is 0 Å². The Labute approximate surface area is 191 Å². The molecule has 2 aromatic carbocycles. The van der Waals surface area contributed by atoms with Crippen LogP contribution in [0.5, 0.6) is 5.88 Å². The van der Waals surface area contributed by atoms with Gasteiger partial charge in [-0.3, -0.25) is 0 Å². The van der Waals surface area contributed by atoms with E-state index in [-0.39, 0.29) is 5.92 Å². The molecule has 0 N–H and O–H groups in total. The molecule has 3 aromatic rings. The average Bonchev–Trinajstić information content (AvgIpc) is 3.11. The van der Waals surface area contributed by atoms with E-state index in [4.69, 9.17) is 14.2 Å². The lowest BCUT2D eigenvalue weighted by atomic mass is 9.85. The van der Waals surface area contributed by atoms with Crippen molar-refractivity contribution < 1.29 is 23.8 Å². The number of carbonyl (C=O) groups excluding carboxylic acids is 2. The van der Waals surface area contributed by atoms with Gasteiger partial charge in [-0.2, -0.15) is 5.26 Å². The van der Waals surface area contributed by atoms with Gasteiger partial charge in [-0.1, -0.05) is 30.3 Å². The van der Waals surface area contributed by atoms with Crippen molar-refractivity contribution >= 4 is 23.0 Å². The summed E-state index contributed by atoms with van der Waals surface area (Å²) >= 11 is 0. The quantitative estimate of drug-likeness (QED) is 0.395. The number of hydrogen-bond donors (Lipinski definition) is 0. The van der Waals surface area contributed by atoms with Crippen LogP contribution in [0.4, 0.5) is 4.79 Å². The molecule has 0 saturated heterocycles. The average molecular weight is 444 g/mol. The molecular weight excluding hydrogens is 420 g/mol. The molecule has 7 heteroatoms. The predicted molar refractivity (Wildman–Crippen MR) is 122 cm³/mol. The van der Waals surface area contributed by atoms with Crippen LogP contribution < -0.4 is 4.74 Å². The normalized spacial score (nSPS) is 16.6. The fourth-order valence-corrected chi connectivity index (χ4v) is 3.99. The summed E-state index contributed by atoms with van der Waals surface area (Å²) in [6.45, 7) is 5.39. The lowest BCUT2D eigenvalue weighted by molar-refractivity contribution is -0.135. The van der Waals surface area contributed by atoms with E-state index in [0.29, 0.717) is 29.1 Å². The number of hydrogen-bond acceptors (Lipinski definition) is 6. The molecule has 1 aliphatic heterocycles. The standard InChI is InChI=1S/C26H24N2O5/c1-26(2,3)33-25(30)28-21-8-6-5-7-19(21)23-20(17-11-9-16(15-27)10-12-17)13-18(32-24(23)28)14-22(29)31-4/h5-12,14,20H,13H2,1-4H3/b18-14-. The Morgan fingerprint density at radius 1 is 1.15 bits per heavy atom. The van der Waals surface area contributed by atoms with Crippen molar-refractivity contribution in [2.75, 3.05) is 7.11 Å². The number of para-hydroxylation sites is 1. The molecule has 4 rings (SSSR count). The number of carbonyl (C=O) groups is 2. The summed E-state index contributed by atoms with van der Waals surface area (Å²) < 4.78 is 18.0. The molecule has 2 heterocycles. The number of aromatic nitrogens is 1. The summed E-state index contributed by atoms with van der Waals surface area (Å²) in [5.41, 5.74) is 2.24. The van der Waals surface area contributed by atoms with Crippen molar-refractivity contribution in [3.8, 4) is 11.9 Å². The lowest BCUT2D eigenvalue weighted by Gasteiger charge is -2.27. The van der Waals surface area contributed by atoms with Gasteiger partial charge in [-0.15, -0.1) is 0 Å². The maximum absolute atomic E-state index is 13.2. The molecule has 0 fully saturated rings. The number of methoxy groups -OCH3 is 1. The molecule has 168 valence electrons. The van der Waals surface area contributed by atoms with Gasteiger partial charge in [-0.25, -0.2) is 14.2 Å².